The molecule has 1 heterocycles. The topological polar surface area (TPSA) is 34.0 Å². The first kappa shape index (κ1) is 13.6. The number of aliphatic imine (C=N–C) groups is 2. The van der Waals surface area contributed by atoms with Crippen molar-refractivity contribution in [3.05, 3.63) is 11.1 Å². The molecule has 1 saturated carbocycles. The van der Waals surface area contributed by atoms with Gasteiger partial charge in [-0.15, -0.1) is 0 Å². The van der Waals surface area contributed by atoms with E-state index in [1.165, 1.54) is 23.9 Å². The summed E-state index contributed by atoms with van der Waals surface area (Å²) < 4.78 is 21.5. The van der Waals surface area contributed by atoms with E-state index in [-0.39, 0.29) is 17.9 Å². The predicted octanol–water partition coefficient (Wildman–Crippen LogP) is 4.19. The summed E-state index contributed by atoms with van der Waals surface area (Å²) in [6, 6.07) is 0. The van der Waals surface area contributed by atoms with E-state index >= 15 is 4.39 Å². The van der Waals surface area contributed by atoms with Crippen LogP contribution in [0.15, 0.2) is 21.1 Å². The Hall–Kier alpha value is -1.03. The van der Waals surface area contributed by atoms with Crippen molar-refractivity contribution in [2.75, 3.05) is 0 Å². The maximum absolute atomic E-state index is 15.6. The van der Waals surface area contributed by atoms with Crippen LogP contribution < -0.4 is 0 Å². The van der Waals surface area contributed by atoms with Gasteiger partial charge >= 0.3 is 5.98 Å². The molecule has 0 radical (unpaired) electrons. The molecule has 0 aromatic rings. The number of alkyl halides is 1. The fourth-order valence-corrected chi connectivity index (χ4v) is 4.57. The van der Waals surface area contributed by atoms with Crippen molar-refractivity contribution in [3.63, 3.8) is 0 Å². The van der Waals surface area contributed by atoms with Crippen LogP contribution in [0.5, 0.6) is 0 Å². The number of fused-ring (bicyclic) bond motifs is 2. The molecule has 1 fully saturated rings. The van der Waals surface area contributed by atoms with Gasteiger partial charge in [-0.25, -0.2) is 9.98 Å². The molecular formula is C17H23FN2O. The van der Waals surface area contributed by atoms with Crippen LogP contribution in [0, 0.1) is 11.8 Å². The Morgan fingerprint density at radius 1 is 1.14 bits per heavy atom. The molecule has 114 valence electrons. The first-order chi connectivity index (χ1) is 10.2. The standard InChI is InChI=1S/C17H23FN2O/c1-11-13-8-5-9-14(13)15-16(11)19-10-20-17(15,18)21-12-6-3-2-4-7-12/h10-12,15H,2-9H2,1H3. The van der Waals surface area contributed by atoms with Crippen molar-refractivity contribution in [3.8, 4) is 0 Å². The Morgan fingerprint density at radius 2 is 1.90 bits per heavy atom. The highest BCUT2D eigenvalue weighted by molar-refractivity contribution is 6.02. The second-order valence-electron chi connectivity index (χ2n) is 6.84. The summed E-state index contributed by atoms with van der Waals surface area (Å²) in [5, 5.41) is 0. The van der Waals surface area contributed by atoms with Gasteiger partial charge in [-0.05, 0) is 32.1 Å². The molecule has 0 amide bonds. The third kappa shape index (κ3) is 2.10. The average molecular weight is 290 g/mol. The van der Waals surface area contributed by atoms with Crippen LogP contribution in [-0.2, 0) is 4.74 Å². The summed E-state index contributed by atoms with van der Waals surface area (Å²) >= 11 is 0. The molecular weight excluding hydrogens is 267 g/mol. The van der Waals surface area contributed by atoms with E-state index in [2.05, 4.69) is 16.9 Å². The van der Waals surface area contributed by atoms with Crippen molar-refractivity contribution in [2.45, 2.75) is 70.4 Å². The van der Waals surface area contributed by atoms with Crippen LogP contribution in [0.3, 0.4) is 0 Å². The van der Waals surface area contributed by atoms with Crippen LogP contribution in [0.2, 0.25) is 0 Å². The molecule has 4 aliphatic rings. The lowest BCUT2D eigenvalue weighted by molar-refractivity contribution is -0.192. The normalized spacial score (nSPS) is 39.4. The van der Waals surface area contributed by atoms with E-state index in [1.54, 1.807) is 0 Å². The third-order valence-electron chi connectivity index (χ3n) is 5.60. The van der Waals surface area contributed by atoms with Crippen LogP contribution >= 0.6 is 0 Å². The number of rotatable bonds is 2. The molecule has 0 aromatic heterocycles. The molecule has 3 unspecified atom stereocenters. The smallest absolute Gasteiger partial charge is 0.320 e. The van der Waals surface area contributed by atoms with Crippen molar-refractivity contribution in [1.82, 2.24) is 0 Å². The van der Waals surface area contributed by atoms with Crippen molar-refractivity contribution in [1.29, 1.82) is 0 Å². The van der Waals surface area contributed by atoms with Crippen molar-refractivity contribution in [2.24, 2.45) is 21.8 Å². The number of nitrogens with zero attached hydrogens (tertiary/aromatic N) is 2. The fraction of sp³-hybridized carbons (Fsp3) is 0.765. The van der Waals surface area contributed by atoms with Crippen molar-refractivity contribution >= 4 is 12.1 Å². The summed E-state index contributed by atoms with van der Waals surface area (Å²) in [7, 11) is 0. The first-order valence-corrected chi connectivity index (χ1v) is 8.39. The number of hydrogen-bond donors (Lipinski definition) is 0. The van der Waals surface area contributed by atoms with E-state index in [9.17, 15) is 0 Å². The Balaban J connectivity index is 1.63. The minimum absolute atomic E-state index is 0.0154. The third-order valence-corrected chi connectivity index (χ3v) is 5.60. The summed E-state index contributed by atoms with van der Waals surface area (Å²) in [5.41, 5.74) is 3.57. The monoisotopic (exact) mass is 290 g/mol. The summed E-state index contributed by atoms with van der Waals surface area (Å²) in [6.07, 6.45) is 10.1. The van der Waals surface area contributed by atoms with Crippen LogP contribution in [0.25, 0.3) is 0 Å². The molecule has 4 heteroatoms. The van der Waals surface area contributed by atoms with Gasteiger partial charge in [0.25, 0.3) is 0 Å². The Kier molecular flexibility index (Phi) is 3.25. The summed E-state index contributed by atoms with van der Waals surface area (Å²) in [6.45, 7) is 2.15. The highest BCUT2D eigenvalue weighted by atomic mass is 19.2. The maximum Gasteiger partial charge on any atom is 0.320 e. The minimum atomic E-state index is -1.91. The predicted molar refractivity (Wildman–Crippen MR) is 81.3 cm³/mol. The summed E-state index contributed by atoms with van der Waals surface area (Å²) in [4.78, 5) is 8.46. The zero-order valence-corrected chi connectivity index (χ0v) is 12.6. The molecule has 0 N–H and O–H groups in total. The molecule has 0 saturated heterocycles. The largest absolute Gasteiger partial charge is 0.324 e. The van der Waals surface area contributed by atoms with E-state index in [0.29, 0.717) is 0 Å². The molecule has 0 bridgehead atoms. The highest BCUT2D eigenvalue weighted by Gasteiger charge is 2.54. The van der Waals surface area contributed by atoms with Gasteiger partial charge in [-0.2, -0.15) is 4.39 Å². The molecule has 3 nitrogen and oxygen atoms in total. The van der Waals surface area contributed by atoms with E-state index in [4.69, 9.17) is 4.74 Å². The Bertz CT molecular complexity index is 533. The molecule has 3 atom stereocenters. The zero-order valence-electron chi connectivity index (χ0n) is 12.6. The van der Waals surface area contributed by atoms with Gasteiger partial charge < -0.3 is 4.74 Å². The second-order valence-corrected chi connectivity index (χ2v) is 6.84. The SMILES string of the molecule is CC1C2=NC=NC(F)(OC3CCCCC3)C2C2=C1CCC2. The van der Waals surface area contributed by atoms with Crippen molar-refractivity contribution < 1.29 is 9.13 Å². The number of allylic oxidation sites excluding steroid dienone is 1. The molecule has 0 spiro atoms. The van der Waals surface area contributed by atoms with E-state index in [1.807, 2.05) is 0 Å². The van der Waals surface area contributed by atoms with Gasteiger partial charge in [0.05, 0.1) is 6.10 Å². The highest BCUT2D eigenvalue weighted by Crippen LogP contribution is 2.51. The summed E-state index contributed by atoms with van der Waals surface area (Å²) in [5.74, 6) is -1.99. The lowest BCUT2D eigenvalue weighted by atomic mass is 9.90. The van der Waals surface area contributed by atoms with Gasteiger partial charge in [0, 0.05) is 11.6 Å². The van der Waals surface area contributed by atoms with Gasteiger partial charge in [0.15, 0.2) is 0 Å². The van der Waals surface area contributed by atoms with Gasteiger partial charge in [0.1, 0.15) is 12.3 Å². The fourth-order valence-electron chi connectivity index (χ4n) is 4.57. The number of halogens is 1. The van der Waals surface area contributed by atoms with Gasteiger partial charge in [0.2, 0.25) is 0 Å². The van der Waals surface area contributed by atoms with E-state index in [0.717, 1.165) is 50.7 Å². The van der Waals surface area contributed by atoms with Gasteiger partial charge in [-0.1, -0.05) is 37.3 Å². The molecule has 4 rings (SSSR count). The molecule has 3 aliphatic carbocycles. The lowest BCUT2D eigenvalue weighted by Crippen LogP contribution is -2.44. The molecule has 1 aliphatic heterocycles. The van der Waals surface area contributed by atoms with Crippen LogP contribution in [0.1, 0.15) is 58.3 Å². The average Bonchev–Trinajstić information content (AvgIpc) is 3.04. The second kappa shape index (κ2) is 5.01. The quantitative estimate of drug-likeness (QED) is 0.554. The van der Waals surface area contributed by atoms with Gasteiger partial charge in [-0.3, -0.25) is 0 Å². The number of hydrogen-bond acceptors (Lipinski definition) is 3. The Morgan fingerprint density at radius 3 is 2.71 bits per heavy atom. The minimum Gasteiger partial charge on any atom is -0.324 e. The maximum atomic E-state index is 15.6. The van der Waals surface area contributed by atoms with Crippen LogP contribution in [-0.4, -0.2) is 24.1 Å². The zero-order chi connectivity index (χ0) is 14.4. The van der Waals surface area contributed by atoms with Crippen LogP contribution in [0.4, 0.5) is 4.39 Å². The molecule has 21 heavy (non-hydrogen) atoms. The molecule has 0 aromatic carbocycles. The number of ether oxygens (including phenoxy) is 1. The first-order valence-electron chi connectivity index (χ1n) is 8.39. The van der Waals surface area contributed by atoms with E-state index < -0.39 is 5.98 Å². The Labute approximate surface area is 125 Å². The lowest BCUT2D eigenvalue weighted by Gasteiger charge is -2.36.